The Hall–Kier alpha value is 0.498. The molecule has 0 N–H and O–H groups in total. The Morgan fingerprint density at radius 1 is 0.441 bits per heavy atom. The fourth-order valence-electron chi connectivity index (χ4n) is 4.77. The first kappa shape index (κ1) is 32.5. The summed E-state index contributed by atoms with van der Waals surface area (Å²) < 4.78 is 0. The van der Waals surface area contributed by atoms with E-state index < -0.39 is 16.1 Å². The Bertz CT molecular complexity index is 669. The van der Waals surface area contributed by atoms with Crippen LogP contribution in [0.2, 0.25) is 39.3 Å². The van der Waals surface area contributed by atoms with Gasteiger partial charge in [-0.3, -0.25) is 0 Å². The molecule has 0 nitrogen and oxygen atoms in total. The molecule has 4 aliphatic rings. The van der Waals surface area contributed by atoms with E-state index in [1.54, 1.807) is 0 Å². The summed E-state index contributed by atoms with van der Waals surface area (Å²) in [7, 11) is -1.71. The summed E-state index contributed by atoms with van der Waals surface area (Å²) in [5.41, 5.74) is 8.17. The van der Waals surface area contributed by atoms with Gasteiger partial charge in [0, 0.05) is 56.4 Å². The Balaban J connectivity index is 0.000000255. The summed E-state index contributed by atoms with van der Waals surface area (Å²) in [4.78, 5) is 0. The van der Waals surface area contributed by atoms with Gasteiger partial charge in [0.15, 0.2) is 0 Å². The maximum Gasteiger partial charge on any atom is 0.0160 e. The van der Waals surface area contributed by atoms with Gasteiger partial charge in [-0.15, -0.1) is 16.1 Å². The van der Waals surface area contributed by atoms with Crippen molar-refractivity contribution in [1.82, 2.24) is 0 Å². The summed E-state index contributed by atoms with van der Waals surface area (Å²) in [6.07, 6.45) is 17.8. The van der Waals surface area contributed by atoms with E-state index in [1.165, 1.54) is 57.8 Å². The minimum atomic E-state index is -0.856. The molecule has 0 atom stereocenters. The maximum atomic E-state index is 2.65. The summed E-state index contributed by atoms with van der Waals surface area (Å²) in [6, 6.07) is 0. The van der Waals surface area contributed by atoms with Crippen molar-refractivity contribution < 1.29 is 32.7 Å². The third-order valence-corrected chi connectivity index (χ3v) is 12.7. The van der Waals surface area contributed by atoms with Gasteiger partial charge in [-0.2, -0.15) is 0 Å². The summed E-state index contributed by atoms with van der Waals surface area (Å²) >= 11 is 0. The molecule has 0 aromatic carbocycles. The van der Waals surface area contributed by atoms with E-state index >= 15 is 0 Å². The van der Waals surface area contributed by atoms with Crippen LogP contribution in [0, 0.1) is 66.9 Å². The average molecular weight is 563 g/mol. The van der Waals surface area contributed by atoms with Crippen molar-refractivity contribution in [1.29, 1.82) is 0 Å². The molecule has 34 heavy (non-hydrogen) atoms. The van der Waals surface area contributed by atoms with Crippen LogP contribution in [0.5, 0.6) is 0 Å². The summed E-state index contributed by atoms with van der Waals surface area (Å²) in [6.45, 7) is 27.4. The topological polar surface area (TPSA) is 0 Å². The van der Waals surface area contributed by atoms with E-state index in [0.717, 1.165) is 0 Å². The second-order valence-electron chi connectivity index (χ2n) is 12.0. The number of hydrogen-bond acceptors (Lipinski definition) is 0. The van der Waals surface area contributed by atoms with Crippen molar-refractivity contribution in [2.45, 2.75) is 80.8 Å². The second-order valence-corrected chi connectivity index (χ2v) is 22.6. The molecule has 4 aliphatic carbocycles. The molecule has 0 heterocycles. The standard InChI is InChI=1S/2C12H13.C7H19Si2.Y/c2*1-8-6-11-9(2)4-5-10(3)12(11)7-8;1-8(2,3)7-9(4,5)6;/h2*4-7H,1-3H3;7H,1-6H3;/q;;-1;. The van der Waals surface area contributed by atoms with Crippen LogP contribution in [-0.4, -0.2) is 16.1 Å². The van der Waals surface area contributed by atoms with E-state index in [2.05, 4.69) is 136 Å². The van der Waals surface area contributed by atoms with Gasteiger partial charge >= 0.3 is 0 Å². The van der Waals surface area contributed by atoms with E-state index in [-0.39, 0.29) is 32.7 Å². The molecule has 0 bridgehead atoms. The fraction of sp³-hybridized carbons (Fsp3) is 0.387. The average Bonchev–Trinajstić information content (AvgIpc) is 3.24. The SMILES string of the molecule is C[C]1[CH][C]2[C]([CH]1)C(C)=CC=C2C.C[C]1[CH][C]2[C]([CH]1)C(C)=CC=C2C.C[Si](C)(C)[CH-][Si](C)(C)C.[Y]. The van der Waals surface area contributed by atoms with Gasteiger partial charge in [-0.05, 0) is 65.2 Å². The minimum absolute atomic E-state index is 0. The normalized spacial score (nSPS) is 22.7. The zero-order chi connectivity index (χ0) is 25.1. The van der Waals surface area contributed by atoms with Crippen LogP contribution < -0.4 is 0 Å². The predicted octanol–water partition coefficient (Wildman–Crippen LogP) is 9.06. The van der Waals surface area contributed by atoms with Crippen LogP contribution in [0.3, 0.4) is 0 Å². The van der Waals surface area contributed by atoms with Gasteiger partial charge in [-0.25, -0.2) is 0 Å². The zero-order valence-corrected chi connectivity index (χ0v) is 28.6. The smallest absolute Gasteiger partial charge is 0.0160 e. The molecule has 0 saturated heterocycles. The van der Waals surface area contributed by atoms with Crippen LogP contribution in [0.4, 0.5) is 0 Å². The fourth-order valence-corrected chi connectivity index (χ4v) is 15.2. The van der Waals surface area contributed by atoms with Crippen LogP contribution in [0.1, 0.15) is 41.5 Å². The molecule has 2 saturated carbocycles. The molecule has 0 aromatic heterocycles. The van der Waals surface area contributed by atoms with Crippen LogP contribution in [-0.2, 0) is 32.7 Å². The Morgan fingerprint density at radius 2 is 0.647 bits per heavy atom. The van der Waals surface area contributed by atoms with Gasteiger partial charge in [0.05, 0.1) is 0 Å². The first-order valence-corrected chi connectivity index (χ1v) is 19.4. The van der Waals surface area contributed by atoms with E-state index in [0.29, 0.717) is 0 Å². The summed E-state index contributed by atoms with van der Waals surface area (Å²) in [5, 5.41) is 0. The van der Waals surface area contributed by atoms with E-state index in [4.69, 9.17) is 0 Å². The molecule has 3 heteroatoms. The van der Waals surface area contributed by atoms with Crippen molar-refractivity contribution in [3.8, 4) is 0 Å². The number of rotatable bonds is 2. The Labute approximate surface area is 241 Å². The largest absolute Gasteiger partial charge is 0.327 e. The quantitative estimate of drug-likeness (QED) is 0.233. The second kappa shape index (κ2) is 13.3. The number of hydrogen-bond donors (Lipinski definition) is 0. The van der Waals surface area contributed by atoms with Crippen molar-refractivity contribution >= 4 is 16.1 Å². The van der Waals surface area contributed by atoms with Crippen LogP contribution >= 0.6 is 0 Å². The Morgan fingerprint density at radius 3 is 0.794 bits per heavy atom. The molecule has 0 unspecified atom stereocenters. The number of fused-ring (bicyclic) bond motifs is 2. The molecular formula is C31H45Si2Y-. The first-order chi connectivity index (χ1) is 15.1. The zero-order valence-electron chi connectivity index (χ0n) is 23.8. The van der Waals surface area contributed by atoms with Crippen molar-refractivity contribution in [2.24, 2.45) is 0 Å². The van der Waals surface area contributed by atoms with Gasteiger partial charge < -0.3 is 5.67 Å². The first-order valence-electron chi connectivity index (χ1n) is 12.2. The van der Waals surface area contributed by atoms with E-state index in [9.17, 15) is 0 Å². The van der Waals surface area contributed by atoms with Gasteiger partial charge in [0.2, 0.25) is 0 Å². The predicted molar refractivity (Wildman–Crippen MR) is 154 cm³/mol. The molecule has 181 valence electrons. The number of allylic oxidation sites excluding steroid dienone is 8. The van der Waals surface area contributed by atoms with Crippen LogP contribution in [0.25, 0.3) is 0 Å². The Kier molecular flexibility index (Phi) is 12.8. The molecule has 11 radical (unpaired) electrons. The molecular weight excluding hydrogens is 517 g/mol. The minimum Gasteiger partial charge on any atom is -0.327 e. The van der Waals surface area contributed by atoms with Gasteiger partial charge in [0.25, 0.3) is 0 Å². The van der Waals surface area contributed by atoms with Gasteiger partial charge in [-0.1, -0.05) is 99.7 Å². The van der Waals surface area contributed by atoms with Crippen molar-refractivity contribution in [2.75, 3.05) is 0 Å². The summed E-state index contributed by atoms with van der Waals surface area (Å²) in [5.74, 6) is 8.37. The van der Waals surface area contributed by atoms with Crippen molar-refractivity contribution in [3.63, 3.8) is 0 Å². The monoisotopic (exact) mass is 562 g/mol. The van der Waals surface area contributed by atoms with E-state index in [1.807, 2.05) is 0 Å². The molecule has 0 amide bonds. The van der Waals surface area contributed by atoms with Crippen molar-refractivity contribution in [3.05, 3.63) is 113 Å². The molecule has 4 rings (SSSR count). The molecule has 0 aliphatic heterocycles. The molecule has 0 aromatic rings. The van der Waals surface area contributed by atoms with Gasteiger partial charge in [0.1, 0.15) is 0 Å². The molecule has 0 spiro atoms. The molecule has 2 fully saturated rings. The maximum absolute atomic E-state index is 2.65. The third-order valence-electron chi connectivity index (χ3n) is 5.80. The van der Waals surface area contributed by atoms with Crippen LogP contribution in [0.15, 0.2) is 46.6 Å². The third kappa shape index (κ3) is 10.1.